The molecule has 0 bridgehead atoms. The third-order valence-electron chi connectivity index (χ3n) is 3.48. The Morgan fingerprint density at radius 1 is 1.25 bits per heavy atom. The first kappa shape index (κ1) is 13.2. The summed E-state index contributed by atoms with van der Waals surface area (Å²) in [4.78, 5) is 0. The molecule has 1 saturated carbocycles. The number of nitrogens with zero attached hydrogens (tertiary/aromatic N) is 2. The van der Waals surface area contributed by atoms with Gasteiger partial charge < -0.3 is 5.73 Å². The van der Waals surface area contributed by atoms with Crippen LogP contribution in [0.5, 0.6) is 0 Å². The van der Waals surface area contributed by atoms with Crippen LogP contribution >= 0.6 is 0 Å². The number of hydrogen-bond acceptors (Lipinski definition) is 2. The first-order valence-electron chi connectivity index (χ1n) is 6.45. The van der Waals surface area contributed by atoms with E-state index in [0.29, 0.717) is 11.6 Å². The lowest BCUT2D eigenvalue weighted by Gasteiger charge is -2.13. The van der Waals surface area contributed by atoms with Crippen LogP contribution in [0.25, 0.3) is 5.69 Å². The summed E-state index contributed by atoms with van der Waals surface area (Å²) in [6.07, 6.45) is -0.330. The van der Waals surface area contributed by atoms with E-state index in [1.54, 1.807) is 10.9 Å². The van der Waals surface area contributed by atoms with E-state index < -0.39 is 11.7 Å². The van der Waals surface area contributed by atoms with Crippen LogP contribution in [0.3, 0.4) is 0 Å². The van der Waals surface area contributed by atoms with E-state index in [4.69, 9.17) is 5.73 Å². The lowest BCUT2D eigenvalue weighted by molar-refractivity contribution is -0.138. The Kier molecular flexibility index (Phi) is 3.05. The number of halogens is 3. The highest BCUT2D eigenvalue weighted by molar-refractivity contribution is 5.41. The van der Waals surface area contributed by atoms with Crippen molar-refractivity contribution < 1.29 is 13.2 Å². The number of nitrogens with two attached hydrogens (primary N) is 1. The largest absolute Gasteiger partial charge is 0.416 e. The third-order valence-corrected chi connectivity index (χ3v) is 3.48. The van der Waals surface area contributed by atoms with E-state index in [2.05, 4.69) is 5.10 Å². The van der Waals surface area contributed by atoms with E-state index in [-0.39, 0.29) is 12.1 Å². The summed E-state index contributed by atoms with van der Waals surface area (Å²) in [6, 6.07) is 5.85. The summed E-state index contributed by atoms with van der Waals surface area (Å²) in [5.74, 6) is 0.514. The summed E-state index contributed by atoms with van der Waals surface area (Å²) < 4.78 is 40.0. The highest BCUT2D eigenvalue weighted by Crippen LogP contribution is 2.39. The molecule has 0 unspecified atom stereocenters. The molecule has 6 heteroatoms. The molecule has 2 N–H and O–H groups in total. The van der Waals surface area contributed by atoms with Gasteiger partial charge in [0, 0.05) is 18.7 Å². The van der Waals surface area contributed by atoms with E-state index >= 15 is 0 Å². The number of aromatic nitrogens is 2. The van der Waals surface area contributed by atoms with Crippen LogP contribution in [0.2, 0.25) is 0 Å². The minimum absolute atomic E-state index is 0.0819. The Morgan fingerprint density at radius 2 is 2.00 bits per heavy atom. The Balaban J connectivity index is 1.97. The van der Waals surface area contributed by atoms with Gasteiger partial charge >= 0.3 is 6.18 Å². The van der Waals surface area contributed by atoms with E-state index in [1.165, 1.54) is 12.1 Å². The number of benzene rings is 1. The van der Waals surface area contributed by atoms with Crippen molar-refractivity contribution in [2.45, 2.75) is 31.5 Å². The molecule has 0 amide bonds. The van der Waals surface area contributed by atoms with Crippen LogP contribution in [0.15, 0.2) is 30.5 Å². The zero-order valence-electron chi connectivity index (χ0n) is 10.7. The molecular formula is C14H14F3N3. The van der Waals surface area contributed by atoms with Crippen molar-refractivity contribution in [3.63, 3.8) is 0 Å². The summed E-state index contributed by atoms with van der Waals surface area (Å²) in [5.41, 5.74) is 6.43. The van der Waals surface area contributed by atoms with Gasteiger partial charge in [0.05, 0.1) is 16.9 Å². The van der Waals surface area contributed by atoms with Gasteiger partial charge in [-0.3, -0.25) is 0 Å². The number of rotatable bonds is 3. The predicted octanol–water partition coefficient (Wildman–Crippen LogP) is 3.23. The van der Waals surface area contributed by atoms with Crippen molar-refractivity contribution in [3.05, 3.63) is 47.3 Å². The molecule has 0 atom stereocenters. The van der Waals surface area contributed by atoms with Crippen molar-refractivity contribution in [3.8, 4) is 5.69 Å². The smallest absolute Gasteiger partial charge is 0.326 e. The molecule has 0 aliphatic heterocycles. The molecule has 0 spiro atoms. The number of alkyl halides is 3. The molecule has 106 valence electrons. The normalized spacial score (nSPS) is 15.6. The van der Waals surface area contributed by atoms with E-state index in [1.807, 2.05) is 6.07 Å². The third kappa shape index (κ3) is 2.43. The van der Waals surface area contributed by atoms with Gasteiger partial charge in [-0.25, -0.2) is 4.68 Å². The lowest BCUT2D eigenvalue weighted by Crippen LogP contribution is -2.12. The lowest BCUT2D eigenvalue weighted by atomic mass is 10.1. The SMILES string of the molecule is NCc1cc(-n2ccc(C3CC3)n2)ccc1C(F)(F)F. The first-order valence-corrected chi connectivity index (χ1v) is 6.45. The van der Waals surface area contributed by atoms with Gasteiger partial charge in [0.2, 0.25) is 0 Å². The van der Waals surface area contributed by atoms with Gasteiger partial charge in [0.15, 0.2) is 0 Å². The van der Waals surface area contributed by atoms with Gasteiger partial charge in [-0.2, -0.15) is 18.3 Å². The van der Waals surface area contributed by atoms with Crippen LogP contribution in [-0.2, 0) is 12.7 Å². The minimum atomic E-state index is -4.38. The average Bonchev–Trinajstić information content (AvgIpc) is 3.15. The maximum Gasteiger partial charge on any atom is 0.416 e. The topological polar surface area (TPSA) is 43.8 Å². The molecule has 3 nitrogen and oxygen atoms in total. The Morgan fingerprint density at radius 3 is 2.60 bits per heavy atom. The summed E-state index contributed by atoms with van der Waals surface area (Å²) in [5, 5.41) is 4.40. The van der Waals surface area contributed by atoms with Crippen molar-refractivity contribution in [1.29, 1.82) is 0 Å². The highest BCUT2D eigenvalue weighted by atomic mass is 19.4. The van der Waals surface area contributed by atoms with Crippen molar-refractivity contribution >= 4 is 0 Å². The van der Waals surface area contributed by atoms with Gasteiger partial charge in [-0.1, -0.05) is 0 Å². The Bertz CT molecular complexity index is 627. The molecule has 1 aromatic heterocycles. The zero-order chi connectivity index (χ0) is 14.3. The molecule has 20 heavy (non-hydrogen) atoms. The summed E-state index contributed by atoms with van der Waals surface area (Å²) in [6.45, 7) is -0.153. The van der Waals surface area contributed by atoms with Crippen LogP contribution in [0, 0.1) is 0 Å². The molecular weight excluding hydrogens is 267 g/mol. The fourth-order valence-corrected chi connectivity index (χ4v) is 2.25. The Labute approximate surface area is 114 Å². The van der Waals surface area contributed by atoms with Crippen LogP contribution < -0.4 is 5.73 Å². The number of hydrogen-bond donors (Lipinski definition) is 1. The summed E-state index contributed by atoms with van der Waals surface area (Å²) >= 11 is 0. The maximum atomic E-state index is 12.8. The van der Waals surface area contributed by atoms with Crippen LogP contribution in [0.4, 0.5) is 13.2 Å². The van der Waals surface area contributed by atoms with E-state index in [9.17, 15) is 13.2 Å². The van der Waals surface area contributed by atoms with Gasteiger partial charge in [-0.15, -0.1) is 0 Å². The van der Waals surface area contributed by atoms with Gasteiger partial charge in [0.25, 0.3) is 0 Å². The molecule has 0 saturated heterocycles. The first-order chi connectivity index (χ1) is 9.49. The molecule has 1 fully saturated rings. The summed E-state index contributed by atoms with van der Waals surface area (Å²) in [7, 11) is 0. The van der Waals surface area contributed by atoms with E-state index in [0.717, 1.165) is 24.6 Å². The van der Waals surface area contributed by atoms with Gasteiger partial charge in [0.1, 0.15) is 0 Å². The van der Waals surface area contributed by atoms with Crippen molar-refractivity contribution in [2.24, 2.45) is 5.73 Å². The second kappa shape index (κ2) is 4.63. The quantitative estimate of drug-likeness (QED) is 0.938. The molecule has 1 aromatic carbocycles. The monoisotopic (exact) mass is 281 g/mol. The van der Waals surface area contributed by atoms with Crippen LogP contribution in [0.1, 0.15) is 35.6 Å². The second-order valence-corrected chi connectivity index (χ2v) is 5.00. The van der Waals surface area contributed by atoms with Crippen molar-refractivity contribution in [1.82, 2.24) is 9.78 Å². The fraction of sp³-hybridized carbons (Fsp3) is 0.357. The average molecular weight is 281 g/mol. The molecule has 1 heterocycles. The minimum Gasteiger partial charge on any atom is -0.326 e. The molecule has 3 rings (SSSR count). The second-order valence-electron chi connectivity index (χ2n) is 5.00. The van der Waals surface area contributed by atoms with Crippen molar-refractivity contribution in [2.75, 3.05) is 0 Å². The molecule has 1 aliphatic rings. The molecule has 2 aromatic rings. The zero-order valence-corrected chi connectivity index (χ0v) is 10.7. The molecule has 1 aliphatic carbocycles. The molecule has 0 radical (unpaired) electrons. The van der Waals surface area contributed by atoms with Gasteiger partial charge in [-0.05, 0) is 42.7 Å². The fourth-order valence-electron chi connectivity index (χ4n) is 2.25. The predicted molar refractivity (Wildman–Crippen MR) is 68.4 cm³/mol. The maximum absolute atomic E-state index is 12.8. The highest BCUT2D eigenvalue weighted by Gasteiger charge is 2.33. The standard InChI is InChI=1S/C14H14F3N3/c15-14(16,17)12-4-3-11(7-10(12)8-18)20-6-5-13(19-20)9-1-2-9/h3-7,9H,1-2,8,18H2. The van der Waals surface area contributed by atoms with Crippen LogP contribution in [-0.4, -0.2) is 9.78 Å². The Hall–Kier alpha value is -1.82.